The van der Waals surface area contributed by atoms with Gasteiger partial charge in [-0.25, -0.2) is 0 Å². The Balaban J connectivity index is 2.27. The number of carbonyl (C=O) groups excluding carboxylic acids is 1. The van der Waals surface area contributed by atoms with E-state index in [9.17, 15) is 4.79 Å². The Morgan fingerprint density at radius 3 is 2.92 bits per heavy atom. The fraction of sp³-hybridized carbons (Fsp3) is 0.909. The molecule has 1 saturated heterocycles. The second kappa shape index (κ2) is 2.73. The van der Waals surface area contributed by atoms with Gasteiger partial charge in [0.05, 0.1) is 6.42 Å². The van der Waals surface area contributed by atoms with Crippen LogP contribution in [0.2, 0.25) is 0 Å². The molecule has 2 aliphatic rings. The summed E-state index contributed by atoms with van der Waals surface area (Å²) in [6.45, 7) is 4.39. The Kier molecular flexibility index (Phi) is 1.90. The topological polar surface area (TPSA) is 26.3 Å². The zero-order chi connectivity index (χ0) is 9.53. The van der Waals surface area contributed by atoms with Crippen molar-refractivity contribution in [2.45, 2.75) is 58.0 Å². The van der Waals surface area contributed by atoms with Gasteiger partial charge in [-0.05, 0) is 25.7 Å². The summed E-state index contributed by atoms with van der Waals surface area (Å²) in [6.07, 6.45) is 6.29. The highest BCUT2D eigenvalue weighted by Gasteiger charge is 2.59. The predicted octanol–water partition coefficient (Wildman–Crippen LogP) is 2.66. The quantitative estimate of drug-likeness (QED) is 0.614. The molecule has 0 radical (unpaired) electrons. The molecule has 0 aromatic heterocycles. The normalized spacial score (nSPS) is 43.4. The lowest BCUT2D eigenvalue weighted by molar-refractivity contribution is -0.150. The van der Waals surface area contributed by atoms with Crippen molar-refractivity contribution in [2.75, 3.05) is 0 Å². The molecule has 0 aromatic rings. The second-order valence-electron chi connectivity index (χ2n) is 4.81. The maximum Gasteiger partial charge on any atom is 0.307 e. The van der Waals surface area contributed by atoms with Crippen LogP contribution in [0.5, 0.6) is 0 Å². The Morgan fingerprint density at radius 1 is 1.46 bits per heavy atom. The number of fused-ring (bicyclic) bond motifs is 1. The van der Waals surface area contributed by atoms with Crippen LogP contribution in [0.3, 0.4) is 0 Å². The third-order valence-electron chi connectivity index (χ3n) is 3.91. The van der Waals surface area contributed by atoms with Gasteiger partial charge in [0.25, 0.3) is 0 Å². The molecule has 0 bridgehead atoms. The monoisotopic (exact) mass is 182 g/mol. The second-order valence-corrected chi connectivity index (χ2v) is 4.81. The molecule has 0 unspecified atom stereocenters. The largest absolute Gasteiger partial charge is 0.458 e. The van der Waals surface area contributed by atoms with E-state index in [2.05, 4.69) is 13.8 Å². The Hall–Kier alpha value is -0.530. The Bertz CT molecular complexity index is 236. The molecule has 2 nitrogen and oxygen atoms in total. The standard InChI is InChI=1S/C11H18O2/c1-3-5-11-7-4-6-10(11,2)8-9(12)13-11/h3-8H2,1-2H3/t10-,11-/m0/s1. The number of hydrogen-bond acceptors (Lipinski definition) is 2. The van der Waals surface area contributed by atoms with Crippen LogP contribution >= 0.6 is 0 Å². The highest BCUT2D eigenvalue weighted by Crippen LogP contribution is 2.57. The molecular weight excluding hydrogens is 164 g/mol. The van der Waals surface area contributed by atoms with E-state index in [1.807, 2.05) is 0 Å². The molecule has 0 aromatic carbocycles. The van der Waals surface area contributed by atoms with Crippen LogP contribution in [0.1, 0.15) is 52.4 Å². The number of hydrogen-bond donors (Lipinski definition) is 0. The zero-order valence-electron chi connectivity index (χ0n) is 8.56. The van der Waals surface area contributed by atoms with Gasteiger partial charge in [-0.1, -0.05) is 20.3 Å². The third-order valence-corrected chi connectivity index (χ3v) is 3.91. The minimum Gasteiger partial charge on any atom is -0.458 e. The average Bonchev–Trinajstić information content (AvgIpc) is 2.38. The summed E-state index contributed by atoms with van der Waals surface area (Å²) in [5, 5.41) is 0. The smallest absolute Gasteiger partial charge is 0.307 e. The van der Waals surface area contributed by atoms with E-state index < -0.39 is 0 Å². The molecule has 2 fully saturated rings. The maximum atomic E-state index is 11.3. The van der Waals surface area contributed by atoms with Gasteiger partial charge in [-0.15, -0.1) is 0 Å². The number of ether oxygens (including phenoxy) is 1. The van der Waals surface area contributed by atoms with Gasteiger partial charge in [0.1, 0.15) is 5.60 Å². The van der Waals surface area contributed by atoms with Crippen LogP contribution < -0.4 is 0 Å². The van der Waals surface area contributed by atoms with Gasteiger partial charge >= 0.3 is 5.97 Å². The SMILES string of the molecule is CCC[C@]12CCC[C@@]1(C)CC(=O)O2. The van der Waals surface area contributed by atoms with Gasteiger partial charge in [0.15, 0.2) is 0 Å². The number of esters is 1. The molecule has 2 heteroatoms. The van der Waals surface area contributed by atoms with E-state index in [4.69, 9.17) is 4.74 Å². The molecular formula is C11H18O2. The van der Waals surface area contributed by atoms with Crippen molar-refractivity contribution in [3.63, 3.8) is 0 Å². The zero-order valence-corrected chi connectivity index (χ0v) is 8.56. The lowest BCUT2D eigenvalue weighted by Gasteiger charge is -2.34. The van der Waals surface area contributed by atoms with E-state index in [0.717, 1.165) is 19.3 Å². The fourth-order valence-electron chi connectivity index (χ4n) is 3.17. The van der Waals surface area contributed by atoms with Gasteiger partial charge < -0.3 is 4.74 Å². The lowest BCUT2D eigenvalue weighted by atomic mass is 9.73. The molecule has 0 amide bonds. The van der Waals surface area contributed by atoms with Crippen LogP contribution in [0, 0.1) is 5.41 Å². The van der Waals surface area contributed by atoms with Gasteiger partial charge in [-0.2, -0.15) is 0 Å². The van der Waals surface area contributed by atoms with Gasteiger partial charge in [0.2, 0.25) is 0 Å². The summed E-state index contributed by atoms with van der Waals surface area (Å²) >= 11 is 0. The van der Waals surface area contributed by atoms with Crippen LogP contribution in [0.4, 0.5) is 0 Å². The summed E-state index contributed by atoms with van der Waals surface area (Å²) in [6, 6.07) is 0. The predicted molar refractivity (Wildman–Crippen MR) is 50.3 cm³/mol. The molecule has 74 valence electrons. The Morgan fingerprint density at radius 2 is 2.23 bits per heavy atom. The molecule has 2 rings (SSSR count). The summed E-state index contributed by atoms with van der Waals surface area (Å²) in [5.74, 6) is 0.0238. The maximum absolute atomic E-state index is 11.3. The number of rotatable bonds is 2. The van der Waals surface area contributed by atoms with Crippen molar-refractivity contribution >= 4 is 5.97 Å². The molecule has 1 aliphatic carbocycles. The highest BCUT2D eigenvalue weighted by molar-refractivity contribution is 5.74. The lowest BCUT2D eigenvalue weighted by Crippen LogP contribution is -2.38. The van der Waals surface area contributed by atoms with E-state index in [-0.39, 0.29) is 17.0 Å². The summed E-state index contributed by atoms with van der Waals surface area (Å²) in [4.78, 5) is 11.3. The molecule has 0 N–H and O–H groups in total. The van der Waals surface area contributed by atoms with Crippen molar-refractivity contribution < 1.29 is 9.53 Å². The van der Waals surface area contributed by atoms with Gasteiger partial charge in [-0.3, -0.25) is 4.79 Å². The fourth-order valence-corrected chi connectivity index (χ4v) is 3.17. The molecule has 0 spiro atoms. The van der Waals surface area contributed by atoms with E-state index in [1.54, 1.807) is 0 Å². The first-order valence-electron chi connectivity index (χ1n) is 5.34. The first kappa shape index (κ1) is 9.04. The van der Waals surface area contributed by atoms with Gasteiger partial charge in [0, 0.05) is 5.41 Å². The molecule has 1 heterocycles. The Labute approximate surface area is 79.7 Å². The van der Waals surface area contributed by atoms with Crippen molar-refractivity contribution in [2.24, 2.45) is 5.41 Å². The first-order chi connectivity index (χ1) is 6.12. The van der Waals surface area contributed by atoms with Crippen LogP contribution in [0.15, 0.2) is 0 Å². The molecule has 13 heavy (non-hydrogen) atoms. The van der Waals surface area contributed by atoms with Crippen LogP contribution in [-0.2, 0) is 9.53 Å². The van der Waals surface area contributed by atoms with Crippen molar-refractivity contribution in [1.82, 2.24) is 0 Å². The summed E-state index contributed by atoms with van der Waals surface area (Å²) in [5.41, 5.74) is 0.0684. The van der Waals surface area contributed by atoms with Crippen molar-refractivity contribution in [3.8, 4) is 0 Å². The average molecular weight is 182 g/mol. The van der Waals surface area contributed by atoms with Crippen LogP contribution in [-0.4, -0.2) is 11.6 Å². The van der Waals surface area contributed by atoms with Crippen molar-refractivity contribution in [1.29, 1.82) is 0 Å². The molecule has 1 aliphatic heterocycles. The van der Waals surface area contributed by atoms with Crippen molar-refractivity contribution in [3.05, 3.63) is 0 Å². The minimum atomic E-state index is -0.0845. The highest BCUT2D eigenvalue weighted by atomic mass is 16.6. The van der Waals surface area contributed by atoms with E-state index in [0.29, 0.717) is 6.42 Å². The number of carbonyl (C=O) groups is 1. The molecule has 1 saturated carbocycles. The van der Waals surface area contributed by atoms with Crippen LogP contribution in [0.25, 0.3) is 0 Å². The minimum absolute atomic E-state index is 0.0238. The van der Waals surface area contributed by atoms with E-state index >= 15 is 0 Å². The summed E-state index contributed by atoms with van der Waals surface area (Å²) < 4.78 is 5.58. The first-order valence-corrected chi connectivity index (χ1v) is 5.34. The molecule has 2 atom stereocenters. The van der Waals surface area contributed by atoms with E-state index in [1.165, 1.54) is 12.8 Å². The third kappa shape index (κ3) is 1.11. The summed E-state index contributed by atoms with van der Waals surface area (Å²) in [7, 11) is 0.